The summed E-state index contributed by atoms with van der Waals surface area (Å²) < 4.78 is 5.28. The van der Waals surface area contributed by atoms with Crippen molar-refractivity contribution in [1.82, 2.24) is 15.2 Å². The first kappa shape index (κ1) is 15.7. The van der Waals surface area contributed by atoms with Gasteiger partial charge in [-0.2, -0.15) is 0 Å². The number of aromatic nitrogens is 1. The monoisotopic (exact) mass is 315 g/mol. The molecule has 1 saturated heterocycles. The normalized spacial score (nSPS) is 15.7. The largest absolute Gasteiger partial charge is 0.379 e. The molecular weight excluding hydrogens is 294 g/mol. The number of morpholine rings is 1. The van der Waals surface area contributed by atoms with Gasteiger partial charge < -0.3 is 15.0 Å². The third kappa shape index (κ3) is 3.43. The Balaban J connectivity index is 1.62. The predicted octanol–water partition coefficient (Wildman–Crippen LogP) is 1.11. The van der Waals surface area contributed by atoms with Gasteiger partial charge in [0.2, 0.25) is 0 Å². The average Bonchev–Trinajstić information content (AvgIpc) is 2.90. The quantitative estimate of drug-likeness (QED) is 0.640. The highest BCUT2D eigenvalue weighted by atomic mass is 16.5. The van der Waals surface area contributed by atoms with Gasteiger partial charge in [-0.15, -0.1) is 0 Å². The molecule has 1 aromatic heterocycles. The summed E-state index contributed by atoms with van der Waals surface area (Å²) in [5.74, 6) is -1.03. The van der Waals surface area contributed by atoms with Gasteiger partial charge in [-0.05, 0) is 13.0 Å². The molecule has 2 aromatic rings. The van der Waals surface area contributed by atoms with Crippen molar-refractivity contribution in [2.24, 2.45) is 0 Å². The lowest BCUT2D eigenvalue weighted by atomic mass is 10.1. The zero-order valence-electron chi connectivity index (χ0n) is 13.2. The fraction of sp³-hybridized carbons (Fsp3) is 0.412. The smallest absolute Gasteiger partial charge is 0.292 e. The number of para-hydroxylation sites is 1. The molecule has 1 aromatic carbocycles. The maximum absolute atomic E-state index is 12.5. The van der Waals surface area contributed by atoms with Crippen molar-refractivity contribution in [3.05, 3.63) is 35.5 Å². The Bertz CT molecular complexity index is 717. The Hall–Kier alpha value is -2.18. The van der Waals surface area contributed by atoms with Gasteiger partial charge in [0.25, 0.3) is 11.7 Å². The molecule has 1 fully saturated rings. The summed E-state index contributed by atoms with van der Waals surface area (Å²) in [6.07, 6.45) is 0. The molecule has 6 nitrogen and oxygen atoms in total. The van der Waals surface area contributed by atoms with Gasteiger partial charge >= 0.3 is 0 Å². The summed E-state index contributed by atoms with van der Waals surface area (Å²) in [5.41, 5.74) is 2.05. The minimum Gasteiger partial charge on any atom is -0.379 e. The molecule has 0 unspecified atom stereocenters. The van der Waals surface area contributed by atoms with E-state index in [0.29, 0.717) is 12.1 Å². The number of H-pyrrole nitrogens is 1. The fourth-order valence-corrected chi connectivity index (χ4v) is 2.92. The lowest BCUT2D eigenvalue weighted by molar-refractivity contribution is -0.117. The Morgan fingerprint density at radius 3 is 2.78 bits per heavy atom. The summed E-state index contributed by atoms with van der Waals surface area (Å²) in [4.78, 5) is 30.0. The molecule has 1 amide bonds. The van der Waals surface area contributed by atoms with Crippen LogP contribution in [0.2, 0.25) is 0 Å². The van der Waals surface area contributed by atoms with E-state index in [1.165, 1.54) is 0 Å². The maximum Gasteiger partial charge on any atom is 0.292 e. The lowest BCUT2D eigenvalue weighted by Gasteiger charge is -2.26. The minimum atomic E-state index is -0.550. The lowest BCUT2D eigenvalue weighted by Crippen LogP contribution is -2.42. The first-order valence-electron chi connectivity index (χ1n) is 7.87. The third-order valence-electron chi connectivity index (χ3n) is 4.14. The van der Waals surface area contributed by atoms with E-state index in [-0.39, 0.29) is 0 Å². The number of ether oxygens (including phenoxy) is 1. The van der Waals surface area contributed by atoms with Crippen LogP contribution in [0.3, 0.4) is 0 Å². The SMILES string of the molecule is Cc1[nH]c2ccccc2c1C(=O)C(=O)NCCN1CCOCC1. The van der Waals surface area contributed by atoms with Crippen LogP contribution in [0.1, 0.15) is 16.1 Å². The van der Waals surface area contributed by atoms with Crippen molar-refractivity contribution in [2.45, 2.75) is 6.92 Å². The average molecular weight is 315 g/mol. The van der Waals surface area contributed by atoms with Crippen molar-refractivity contribution in [1.29, 1.82) is 0 Å². The van der Waals surface area contributed by atoms with Crippen LogP contribution in [0.5, 0.6) is 0 Å². The van der Waals surface area contributed by atoms with Crippen molar-refractivity contribution >= 4 is 22.6 Å². The second-order valence-electron chi connectivity index (χ2n) is 5.71. The number of hydrogen-bond acceptors (Lipinski definition) is 4. The third-order valence-corrected chi connectivity index (χ3v) is 4.14. The van der Waals surface area contributed by atoms with Gasteiger partial charge in [0.1, 0.15) is 0 Å². The topological polar surface area (TPSA) is 74.4 Å². The number of fused-ring (bicyclic) bond motifs is 1. The van der Waals surface area contributed by atoms with Crippen molar-refractivity contribution in [3.8, 4) is 0 Å². The molecule has 122 valence electrons. The highest BCUT2D eigenvalue weighted by molar-refractivity contribution is 6.45. The predicted molar refractivity (Wildman–Crippen MR) is 87.6 cm³/mol. The van der Waals surface area contributed by atoms with Crippen molar-refractivity contribution in [3.63, 3.8) is 0 Å². The molecule has 0 saturated carbocycles. The first-order valence-corrected chi connectivity index (χ1v) is 7.87. The minimum absolute atomic E-state index is 0.462. The number of nitrogens with one attached hydrogen (secondary N) is 2. The fourth-order valence-electron chi connectivity index (χ4n) is 2.92. The number of benzene rings is 1. The maximum atomic E-state index is 12.5. The van der Waals surface area contributed by atoms with Crippen molar-refractivity contribution < 1.29 is 14.3 Å². The van der Waals surface area contributed by atoms with Crippen LogP contribution in [0, 0.1) is 6.92 Å². The first-order chi connectivity index (χ1) is 11.2. The van der Waals surface area contributed by atoms with Crippen LogP contribution in [0.4, 0.5) is 0 Å². The Morgan fingerprint density at radius 2 is 2.00 bits per heavy atom. The second kappa shape index (κ2) is 6.93. The molecule has 23 heavy (non-hydrogen) atoms. The number of aromatic amines is 1. The molecule has 0 radical (unpaired) electrons. The van der Waals surface area contributed by atoms with E-state index in [4.69, 9.17) is 4.74 Å². The molecular formula is C17H21N3O3. The molecule has 0 aliphatic carbocycles. The van der Waals surface area contributed by atoms with Gasteiger partial charge in [0.05, 0.1) is 18.8 Å². The Labute approximate surface area is 134 Å². The number of carbonyl (C=O) groups is 2. The Kier molecular flexibility index (Phi) is 4.73. The number of rotatable bonds is 5. The van der Waals surface area contributed by atoms with Gasteiger partial charge in [0.15, 0.2) is 0 Å². The van der Waals surface area contributed by atoms with E-state index in [9.17, 15) is 9.59 Å². The summed E-state index contributed by atoms with van der Waals surface area (Å²) >= 11 is 0. The highest BCUT2D eigenvalue weighted by Crippen LogP contribution is 2.22. The molecule has 6 heteroatoms. The zero-order valence-corrected chi connectivity index (χ0v) is 13.2. The molecule has 1 aliphatic heterocycles. The van der Waals surface area contributed by atoms with Crippen LogP contribution >= 0.6 is 0 Å². The van der Waals surface area contributed by atoms with E-state index in [1.54, 1.807) is 0 Å². The van der Waals surface area contributed by atoms with Crippen LogP contribution < -0.4 is 5.32 Å². The number of hydrogen-bond donors (Lipinski definition) is 2. The van der Waals surface area contributed by atoms with Gasteiger partial charge in [-0.25, -0.2) is 0 Å². The molecule has 0 spiro atoms. The number of ketones is 1. The summed E-state index contributed by atoms with van der Waals surface area (Å²) in [7, 11) is 0. The number of Topliss-reactive ketones (excluding diaryl/α,β-unsaturated/α-hetero) is 1. The van der Waals surface area contributed by atoms with Crippen molar-refractivity contribution in [2.75, 3.05) is 39.4 Å². The molecule has 1 aliphatic rings. The Morgan fingerprint density at radius 1 is 1.26 bits per heavy atom. The number of nitrogens with zero attached hydrogens (tertiary/aromatic N) is 1. The molecule has 2 N–H and O–H groups in total. The summed E-state index contributed by atoms with van der Waals surface area (Å²) in [6, 6.07) is 7.51. The number of amides is 1. The molecule has 3 rings (SSSR count). The highest BCUT2D eigenvalue weighted by Gasteiger charge is 2.22. The van der Waals surface area contributed by atoms with Crippen LogP contribution in [-0.2, 0) is 9.53 Å². The van der Waals surface area contributed by atoms with Gasteiger partial charge in [-0.1, -0.05) is 18.2 Å². The van der Waals surface area contributed by atoms with Crippen LogP contribution in [0.25, 0.3) is 10.9 Å². The van der Waals surface area contributed by atoms with E-state index < -0.39 is 11.7 Å². The van der Waals surface area contributed by atoms with E-state index >= 15 is 0 Å². The standard InChI is InChI=1S/C17H21N3O3/c1-12-15(13-4-2-3-5-14(13)19-12)16(21)17(22)18-6-7-20-8-10-23-11-9-20/h2-5,19H,6-11H2,1H3,(H,18,22). The second-order valence-corrected chi connectivity index (χ2v) is 5.71. The summed E-state index contributed by atoms with van der Waals surface area (Å²) in [5, 5.41) is 3.52. The van der Waals surface area contributed by atoms with Crippen LogP contribution in [-0.4, -0.2) is 61.0 Å². The number of carbonyl (C=O) groups excluding carboxylic acids is 2. The van der Waals surface area contributed by atoms with Gasteiger partial charge in [0, 0.05) is 42.8 Å². The molecule has 2 heterocycles. The van der Waals surface area contributed by atoms with Crippen LogP contribution in [0.15, 0.2) is 24.3 Å². The zero-order chi connectivity index (χ0) is 16.2. The summed E-state index contributed by atoms with van der Waals surface area (Å²) in [6.45, 7) is 6.19. The molecule has 0 bridgehead atoms. The van der Waals surface area contributed by atoms with E-state index in [2.05, 4.69) is 15.2 Å². The van der Waals surface area contributed by atoms with Gasteiger partial charge in [-0.3, -0.25) is 14.5 Å². The van der Waals surface area contributed by atoms with E-state index in [0.717, 1.165) is 49.4 Å². The number of aryl methyl sites for hydroxylation is 1. The van der Waals surface area contributed by atoms with E-state index in [1.807, 2.05) is 31.2 Å². The molecule has 0 atom stereocenters.